The number of likely N-dealkylation sites (N-methyl/N-ethyl adjacent to an activating group) is 1. The maximum atomic E-state index is 12.9. The molecule has 1 aliphatic heterocycles. The van der Waals surface area contributed by atoms with Crippen LogP contribution in [0.1, 0.15) is 13.8 Å². The van der Waals surface area contributed by atoms with E-state index in [0.717, 1.165) is 16.0 Å². The number of aromatic nitrogens is 1. The van der Waals surface area contributed by atoms with Crippen LogP contribution in [0.25, 0.3) is 11.1 Å². The average Bonchev–Trinajstić information content (AvgIpc) is 2.89. The van der Waals surface area contributed by atoms with E-state index in [2.05, 4.69) is 4.98 Å². The fourth-order valence-corrected chi connectivity index (χ4v) is 4.91. The van der Waals surface area contributed by atoms with E-state index in [-0.39, 0.29) is 4.90 Å². The van der Waals surface area contributed by atoms with Crippen molar-refractivity contribution in [2.24, 2.45) is 0 Å². The molecule has 0 spiro atoms. The number of urea groups is 1. The molecule has 0 radical (unpaired) electrons. The van der Waals surface area contributed by atoms with Crippen LogP contribution < -0.4 is 0 Å². The summed E-state index contributed by atoms with van der Waals surface area (Å²) >= 11 is 0. The van der Waals surface area contributed by atoms with Crippen molar-refractivity contribution in [1.82, 2.24) is 14.8 Å². The van der Waals surface area contributed by atoms with Gasteiger partial charge < -0.3 is 15.1 Å². The summed E-state index contributed by atoms with van der Waals surface area (Å²) in [6.45, 7) is 1.93. The number of carbonyl (C=O) groups excluding carboxylic acids is 2. The lowest BCUT2D eigenvalue weighted by Gasteiger charge is -2.27. The number of pyridine rings is 1. The molecule has 170 valence electrons. The Morgan fingerprint density at radius 1 is 1.06 bits per heavy atom. The van der Waals surface area contributed by atoms with Gasteiger partial charge >= 0.3 is 12.0 Å². The quantitative estimate of drug-likeness (QED) is 0.581. The van der Waals surface area contributed by atoms with Crippen molar-refractivity contribution < 1.29 is 33.0 Å². The van der Waals surface area contributed by atoms with E-state index in [0.29, 0.717) is 4.90 Å². The van der Waals surface area contributed by atoms with Gasteiger partial charge in [0.05, 0.1) is 17.2 Å². The number of β-amino-alcohol motifs (C(OH)–C–C–N with tert-alkyl or cyclic N) is 1. The molecule has 1 atom stereocenters. The first-order valence-electron chi connectivity index (χ1n) is 9.58. The highest BCUT2D eigenvalue weighted by molar-refractivity contribution is 7.91. The molecule has 11 heteroatoms. The van der Waals surface area contributed by atoms with Gasteiger partial charge in [-0.25, -0.2) is 18.0 Å². The molecule has 1 aromatic carbocycles. The van der Waals surface area contributed by atoms with Gasteiger partial charge in [0.1, 0.15) is 5.54 Å². The highest BCUT2D eigenvalue weighted by Crippen LogP contribution is 2.29. The Hall–Kier alpha value is -3.31. The van der Waals surface area contributed by atoms with Crippen molar-refractivity contribution in [1.29, 1.82) is 0 Å². The van der Waals surface area contributed by atoms with E-state index < -0.39 is 51.2 Å². The van der Waals surface area contributed by atoms with Crippen molar-refractivity contribution >= 4 is 27.7 Å². The van der Waals surface area contributed by atoms with Gasteiger partial charge in [0, 0.05) is 19.4 Å². The minimum absolute atomic E-state index is 0.202. The first-order valence-corrected chi connectivity index (χ1v) is 11.2. The third-order valence-corrected chi connectivity index (χ3v) is 7.45. The summed E-state index contributed by atoms with van der Waals surface area (Å²) in [6, 6.07) is 8.37. The van der Waals surface area contributed by atoms with E-state index in [1.54, 1.807) is 36.7 Å². The number of nitrogens with zero attached hydrogens (tertiary/aromatic N) is 3. The fraction of sp³-hybridized carbons (Fsp3) is 0.333. The molecule has 1 fully saturated rings. The minimum atomic E-state index is -4.29. The van der Waals surface area contributed by atoms with Crippen LogP contribution in [0, 0.1) is 0 Å². The molecular weight excluding hydrogens is 438 g/mol. The van der Waals surface area contributed by atoms with Crippen LogP contribution in [0.3, 0.4) is 0 Å². The number of carboxylic acid groups (broad SMARTS) is 1. The van der Waals surface area contributed by atoms with Crippen LogP contribution in [-0.4, -0.2) is 81.8 Å². The first kappa shape index (κ1) is 23.4. The van der Waals surface area contributed by atoms with Crippen LogP contribution in [-0.2, 0) is 19.4 Å². The molecule has 10 nitrogen and oxygen atoms in total. The van der Waals surface area contributed by atoms with E-state index in [1.165, 1.54) is 33.0 Å². The molecule has 2 heterocycles. The van der Waals surface area contributed by atoms with Crippen molar-refractivity contribution in [3.63, 3.8) is 0 Å². The topological polar surface area (TPSA) is 145 Å². The Morgan fingerprint density at radius 3 is 2.06 bits per heavy atom. The molecule has 1 aromatic heterocycles. The van der Waals surface area contributed by atoms with Crippen LogP contribution in [0.15, 0.2) is 53.7 Å². The van der Waals surface area contributed by atoms with Crippen LogP contribution >= 0.6 is 0 Å². The number of hydrogen-bond acceptors (Lipinski definition) is 7. The second-order valence-corrected chi connectivity index (χ2v) is 10.1. The summed E-state index contributed by atoms with van der Waals surface area (Å²) in [7, 11) is -2.92. The zero-order valence-electron chi connectivity index (χ0n) is 17.7. The van der Waals surface area contributed by atoms with E-state index in [1.807, 2.05) is 0 Å². The van der Waals surface area contributed by atoms with E-state index in [4.69, 9.17) is 0 Å². The minimum Gasteiger partial charge on any atom is -0.479 e. The number of carbonyl (C=O) groups is 3. The Bertz CT molecular complexity index is 1160. The van der Waals surface area contributed by atoms with Gasteiger partial charge in [0.15, 0.2) is 15.4 Å². The molecule has 3 amide bonds. The maximum Gasteiger partial charge on any atom is 0.338 e. The number of rotatable bonds is 7. The lowest BCUT2D eigenvalue weighted by Crippen LogP contribution is -2.55. The zero-order chi connectivity index (χ0) is 23.9. The van der Waals surface area contributed by atoms with Crippen molar-refractivity contribution in [3.8, 4) is 11.1 Å². The lowest BCUT2D eigenvalue weighted by molar-refractivity contribution is -0.158. The highest BCUT2D eigenvalue weighted by atomic mass is 32.2. The summed E-state index contributed by atoms with van der Waals surface area (Å²) in [5, 5.41) is 20.3. The van der Waals surface area contributed by atoms with E-state index >= 15 is 0 Å². The van der Waals surface area contributed by atoms with Crippen molar-refractivity contribution in [3.05, 3.63) is 48.8 Å². The zero-order valence-corrected chi connectivity index (χ0v) is 18.5. The fourth-order valence-electron chi connectivity index (χ4n) is 3.35. The third kappa shape index (κ3) is 4.08. The summed E-state index contributed by atoms with van der Waals surface area (Å²) in [4.78, 5) is 42.2. The number of aliphatic hydroxyl groups is 1. The molecule has 1 aliphatic rings. The van der Waals surface area contributed by atoms with Gasteiger partial charge in [-0.3, -0.25) is 14.7 Å². The Morgan fingerprint density at radius 2 is 1.59 bits per heavy atom. The first-order chi connectivity index (χ1) is 14.8. The predicted molar refractivity (Wildman–Crippen MR) is 113 cm³/mol. The average molecular weight is 461 g/mol. The predicted octanol–water partition coefficient (Wildman–Crippen LogP) is 1.01. The Labute approximate surface area is 185 Å². The van der Waals surface area contributed by atoms with Gasteiger partial charge in [-0.05, 0) is 49.2 Å². The van der Waals surface area contributed by atoms with Crippen LogP contribution in [0.5, 0.6) is 0 Å². The Balaban J connectivity index is 1.87. The number of hydrogen-bond donors (Lipinski definition) is 2. The van der Waals surface area contributed by atoms with Gasteiger partial charge in [-0.2, -0.15) is 0 Å². The molecule has 3 rings (SSSR count). The molecule has 1 unspecified atom stereocenters. The second kappa shape index (κ2) is 7.99. The lowest BCUT2D eigenvalue weighted by atomic mass is 10.0. The monoisotopic (exact) mass is 461 g/mol. The second-order valence-electron chi connectivity index (χ2n) is 8.15. The molecule has 0 aliphatic carbocycles. The normalized spacial score (nSPS) is 18.0. The summed E-state index contributed by atoms with van der Waals surface area (Å²) in [5.74, 6) is -3.81. The van der Waals surface area contributed by atoms with Crippen LogP contribution in [0.2, 0.25) is 0 Å². The SMILES string of the molecule is CN1C(=O)N(CC(O)(CS(=O)(=O)c2ccc(-c3ccncc3)cc2)C(=O)O)C(=O)C1(C)C. The summed E-state index contributed by atoms with van der Waals surface area (Å²) in [5.41, 5.74) is -2.62. The molecule has 32 heavy (non-hydrogen) atoms. The summed E-state index contributed by atoms with van der Waals surface area (Å²) in [6.07, 6.45) is 3.18. The molecule has 0 bridgehead atoms. The van der Waals surface area contributed by atoms with Crippen molar-refractivity contribution in [2.75, 3.05) is 19.3 Å². The standard InChI is InChI=1S/C21H23N3O7S/c1-20(2)17(25)24(19(28)23(20)3)12-21(29,18(26)27)13-32(30,31)16-6-4-14(5-7-16)15-8-10-22-11-9-15/h4-11,29H,12-13H2,1-3H3,(H,26,27). The molecule has 2 aromatic rings. The largest absolute Gasteiger partial charge is 0.479 e. The van der Waals surface area contributed by atoms with Crippen LogP contribution in [0.4, 0.5) is 4.79 Å². The number of aliphatic carboxylic acids is 1. The smallest absolute Gasteiger partial charge is 0.338 e. The van der Waals surface area contributed by atoms with Gasteiger partial charge in [-0.15, -0.1) is 0 Å². The van der Waals surface area contributed by atoms with Gasteiger partial charge in [-0.1, -0.05) is 12.1 Å². The number of amides is 3. The summed E-state index contributed by atoms with van der Waals surface area (Å²) < 4.78 is 25.8. The van der Waals surface area contributed by atoms with Gasteiger partial charge in [0.2, 0.25) is 0 Å². The third-order valence-electron chi connectivity index (χ3n) is 5.60. The van der Waals surface area contributed by atoms with Crippen molar-refractivity contribution in [2.45, 2.75) is 29.9 Å². The molecular formula is C21H23N3O7S. The highest BCUT2D eigenvalue weighted by Gasteiger charge is 2.54. The molecule has 2 N–H and O–H groups in total. The van der Waals surface area contributed by atoms with Gasteiger partial charge in [0.25, 0.3) is 5.91 Å². The molecule has 1 saturated heterocycles. The number of imide groups is 1. The molecule has 0 saturated carbocycles. The Kier molecular flexibility index (Phi) is 5.83. The number of sulfone groups is 1. The number of benzene rings is 1. The van der Waals surface area contributed by atoms with E-state index in [9.17, 15) is 33.0 Å². The number of carboxylic acids is 1. The maximum absolute atomic E-state index is 12.9.